The van der Waals surface area contributed by atoms with Crippen molar-refractivity contribution in [1.29, 1.82) is 0 Å². The van der Waals surface area contributed by atoms with E-state index in [0.29, 0.717) is 31.2 Å². The molecule has 1 fully saturated rings. The monoisotopic (exact) mass is 354 g/mol. The molecule has 0 N–H and O–H groups in total. The molecule has 3 aromatic rings. The number of carbonyl (C=O) groups is 1. The molecule has 0 saturated carbocycles. The van der Waals surface area contributed by atoms with Crippen molar-refractivity contribution >= 4 is 22.2 Å². The Bertz CT molecular complexity index is 1050. The van der Waals surface area contributed by atoms with Gasteiger partial charge in [0.1, 0.15) is 5.69 Å². The van der Waals surface area contributed by atoms with Crippen LogP contribution in [0.5, 0.6) is 0 Å². The summed E-state index contributed by atoms with van der Waals surface area (Å²) in [7, 11) is 0. The molecule has 5 heterocycles. The van der Waals surface area contributed by atoms with Gasteiger partial charge in [0.25, 0.3) is 11.5 Å². The fraction of sp³-hybridized carbons (Fsp3) is 0.389. The Balaban J connectivity index is 1.51. The zero-order chi connectivity index (χ0) is 17.1. The molecule has 2 aliphatic rings. The van der Waals surface area contributed by atoms with Gasteiger partial charge in [0.15, 0.2) is 4.96 Å². The highest BCUT2D eigenvalue weighted by molar-refractivity contribution is 7.15. The fourth-order valence-corrected chi connectivity index (χ4v) is 5.12. The molecule has 3 aromatic heterocycles. The molecule has 1 amide bonds. The molecule has 5 rings (SSSR count). The van der Waals surface area contributed by atoms with Crippen LogP contribution in [0.15, 0.2) is 34.6 Å². The number of fused-ring (bicyclic) bond motifs is 5. The summed E-state index contributed by atoms with van der Waals surface area (Å²) in [4.78, 5) is 32.6. The SMILES string of the molecule is Cc1nc2sccn2c1C(=O)N1C[C@@H]2C[C@H](C1)c1cccc(=O)n1C2. The van der Waals surface area contributed by atoms with E-state index < -0.39 is 0 Å². The van der Waals surface area contributed by atoms with Crippen molar-refractivity contribution in [2.75, 3.05) is 13.1 Å². The predicted octanol–water partition coefficient (Wildman–Crippen LogP) is 2.13. The number of aryl methyl sites for hydroxylation is 1. The summed E-state index contributed by atoms with van der Waals surface area (Å²) in [5.74, 6) is 0.614. The van der Waals surface area contributed by atoms with E-state index in [0.717, 1.165) is 22.8 Å². The molecule has 0 aromatic carbocycles. The molecule has 0 spiro atoms. The first-order valence-corrected chi connectivity index (χ1v) is 9.41. The zero-order valence-electron chi connectivity index (χ0n) is 13.9. The Labute approximate surface area is 148 Å². The maximum Gasteiger partial charge on any atom is 0.272 e. The lowest BCUT2D eigenvalue weighted by Crippen LogP contribution is -2.49. The van der Waals surface area contributed by atoms with Crippen LogP contribution in [-0.2, 0) is 6.54 Å². The van der Waals surface area contributed by atoms with Crippen molar-refractivity contribution in [3.05, 3.63) is 57.2 Å². The van der Waals surface area contributed by atoms with Crippen LogP contribution in [0, 0.1) is 12.8 Å². The second kappa shape index (κ2) is 5.29. The van der Waals surface area contributed by atoms with E-state index in [1.807, 2.05) is 44.5 Å². The number of nitrogens with zero attached hydrogens (tertiary/aromatic N) is 4. The van der Waals surface area contributed by atoms with Crippen LogP contribution in [0.25, 0.3) is 4.96 Å². The van der Waals surface area contributed by atoms with E-state index >= 15 is 0 Å². The lowest BCUT2D eigenvalue weighted by Gasteiger charge is -2.42. The number of hydrogen-bond donors (Lipinski definition) is 0. The predicted molar refractivity (Wildman–Crippen MR) is 95.3 cm³/mol. The molecule has 0 radical (unpaired) electrons. The molecule has 1 saturated heterocycles. The largest absolute Gasteiger partial charge is 0.336 e. The van der Waals surface area contributed by atoms with Crippen molar-refractivity contribution in [1.82, 2.24) is 18.9 Å². The first-order valence-electron chi connectivity index (χ1n) is 8.53. The summed E-state index contributed by atoms with van der Waals surface area (Å²) in [5, 5.41) is 1.95. The third-order valence-corrected chi connectivity index (χ3v) is 6.16. The smallest absolute Gasteiger partial charge is 0.272 e. The van der Waals surface area contributed by atoms with Gasteiger partial charge in [-0.1, -0.05) is 6.07 Å². The zero-order valence-corrected chi connectivity index (χ0v) is 14.7. The molecule has 2 aliphatic heterocycles. The molecule has 2 bridgehead atoms. The summed E-state index contributed by atoms with van der Waals surface area (Å²) < 4.78 is 3.78. The Hall–Kier alpha value is -2.41. The lowest BCUT2D eigenvalue weighted by molar-refractivity contribution is 0.0587. The van der Waals surface area contributed by atoms with E-state index in [1.54, 1.807) is 6.07 Å². The number of hydrogen-bond acceptors (Lipinski definition) is 4. The van der Waals surface area contributed by atoms with E-state index in [2.05, 4.69) is 4.98 Å². The van der Waals surface area contributed by atoms with Crippen LogP contribution in [-0.4, -0.2) is 37.8 Å². The van der Waals surface area contributed by atoms with Crippen LogP contribution in [0.1, 0.15) is 34.2 Å². The van der Waals surface area contributed by atoms with Gasteiger partial charge in [-0.2, -0.15) is 0 Å². The molecular formula is C18H18N4O2S. The van der Waals surface area contributed by atoms with E-state index in [4.69, 9.17) is 0 Å². The van der Waals surface area contributed by atoms with Crippen LogP contribution in [0.2, 0.25) is 0 Å². The van der Waals surface area contributed by atoms with Gasteiger partial charge < -0.3 is 9.47 Å². The minimum atomic E-state index is 0.0461. The Morgan fingerprint density at radius 1 is 1.28 bits per heavy atom. The highest BCUT2D eigenvalue weighted by atomic mass is 32.1. The molecule has 25 heavy (non-hydrogen) atoms. The van der Waals surface area contributed by atoms with Gasteiger partial charge in [-0.3, -0.25) is 14.0 Å². The maximum absolute atomic E-state index is 13.2. The standard InChI is InChI=1S/C18H18N4O2S/c1-11-16(21-5-6-25-18(21)19-11)17(24)20-8-12-7-13(10-20)14-3-2-4-15(23)22(14)9-12/h2-6,12-13H,7-10H2,1H3/t12-,13+/m0/s1. The normalized spacial score (nSPS) is 22.2. The number of amides is 1. The number of carbonyl (C=O) groups excluding carboxylic acids is 1. The van der Waals surface area contributed by atoms with E-state index in [9.17, 15) is 9.59 Å². The third-order valence-electron chi connectivity index (χ3n) is 5.41. The lowest BCUT2D eigenvalue weighted by atomic mass is 9.83. The first kappa shape index (κ1) is 14.9. The highest BCUT2D eigenvalue weighted by Gasteiger charge is 2.37. The van der Waals surface area contributed by atoms with Gasteiger partial charge in [-0.15, -0.1) is 11.3 Å². The first-order chi connectivity index (χ1) is 12.1. The van der Waals surface area contributed by atoms with Crippen LogP contribution >= 0.6 is 11.3 Å². The number of aromatic nitrogens is 3. The van der Waals surface area contributed by atoms with Crippen LogP contribution in [0.4, 0.5) is 0 Å². The fourth-order valence-electron chi connectivity index (χ4n) is 4.36. The summed E-state index contributed by atoms with van der Waals surface area (Å²) in [6, 6.07) is 5.47. The number of piperidine rings is 1. The van der Waals surface area contributed by atoms with Gasteiger partial charge >= 0.3 is 0 Å². The van der Waals surface area contributed by atoms with Gasteiger partial charge in [0.2, 0.25) is 0 Å². The molecule has 128 valence electrons. The number of thiazole rings is 1. The number of imidazole rings is 1. The molecule has 0 unspecified atom stereocenters. The number of likely N-dealkylation sites (tertiary alicyclic amines) is 1. The number of pyridine rings is 1. The average Bonchev–Trinajstić information content (AvgIpc) is 3.15. The van der Waals surface area contributed by atoms with Crippen molar-refractivity contribution < 1.29 is 4.79 Å². The topological polar surface area (TPSA) is 59.6 Å². The summed E-state index contributed by atoms with van der Waals surface area (Å²) >= 11 is 1.54. The van der Waals surface area contributed by atoms with Gasteiger partial charge in [0, 0.05) is 48.9 Å². The van der Waals surface area contributed by atoms with Crippen molar-refractivity contribution in [2.24, 2.45) is 5.92 Å². The van der Waals surface area contributed by atoms with Crippen LogP contribution < -0.4 is 5.56 Å². The Kier molecular flexibility index (Phi) is 3.15. The van der Waals surface area contributed by atoms with Gasteiger partial charge in [-0.05, 0) is 25.3 Å². The summed E-state index contributed by atoms with van der Waals surface area (Å²) in [5.41, 5.74) is 2.58. The van der Waals surface area contributed by atoms with Crippen molar-refractivity contribution in [3.63, 3.8) is 0 Å². The quantitative estimate of drug-likeness (QED) is 0.673. The summed E-state index contributed by atoms with van der Waals surface area (Å²) in [6.45, 7) is 3.96. The van der Waals surface area contributed by atoms with Gasteiger partial charge in [0.05, 0.1) is 5.69 Å². The molecule has 6 nitrogen and oxygen atoms in total. The Morgan fingerprint density at radius 3 is 3.04 bits per heavy atom. The van der Waals surface area contributed by atoms with Crippen LogP contribution in [0.3, 0.4) is 0 Å². The molecule has 0 aliphatic carbocycles. The third kappa shape index (κ3) is 2.18. The number of rotatable bonds is 1. The second-order valence-electron chi connectivity index (χ2n) is 7.01. The minimum Gasteiger partial charge on any atom is -0.336 e. The highest BCUT2D eigenvalue weighted by Crippen LogP contribution is 2.35. The van der Waals surface area contributed by atoms with E-state index in [-0.39, 0.29) is 17.4 Å². The van der Waals surface area contributed by atoms with Gasteiger partial charge in [-0.25, -0.2) is 4.98 Å². The molecular weight excluding hydrogens is 336 g/mol. The van der Waals surface area contributed by atoms with E-state index in [1.165, 1.54) is 11.3 Å². The second-order valence-corrected chi connectivity index (χ2v) is 7.88. The van der Waals surface area contributed by atoms with Crippen molar-refractivity contribution in [2.45, 2.75) is 25.8 Å². The average molecular weight is 354 g/mol. The Morgan fingerprint density at radius 2 is 2.16 bits per heavy atom. The minimum absolute atomic E-state index is 0.0461. The maximum atomic E-state index is 13.2. The van der Waals surface area contributed by atoms with Crippen molar-refractivity contribution in [3.8, 4) is 0 Å². The molecule has 2 atom stereocenters. The molecule has 7 heteroatoms. The summed E-state index contributed by atoms with van der Waals surface area (Å²) in [6.07, 6.45) is 2.96.